The number of benzene rings is 2. The van der Waals surface area contributed by atoms with Gasteiger partial charge < -0.3 is 10.6 Å². The number of halogens is 1. The van der Waals surface area contributed by atoms with Crippen molar-refractivity contribution in [3.8, 4) is 11.1 Å². The molecule has 26 heavy (non-hydrogen) atoms. The van der Waals surface area contributed by atoms with Crippen LogP contribution in [0.5, 0.6) is 0 Å². The van der Waals surface area contributed by atoms with Gasteiger partial charge in [0.25, 0.3) is 5.91 Å². The van der Waals surface area contributed by atoms with Crippen molar-refractivity contribution in [1.29, 1.82) is 0 Å². The van der Waals surface area contributed by atoms with E-state index in [1.54, 1.807) is 6.07 Å². The third-order valence-electron chi connectivity index (χ3n) is 3.64. The van der Waals surface area contributed by atoms with Gasteiger partial charge in [0, 0.05) is 16.9 Å². The van der Waals surface area contributed by atoms with E-state index in [0.717, 1.165) is 11.1 Å². The summed E-state index contributed by atoms with van der Waals surface area (Å²) in [6.07, 6.45) is 1.44. The van der Waals surface area contributed by atoms with Crippen molar-refractivity contribution < 1.29 is 9.59 Å². The predicted molar refractivity (Wildman–Crippen MR) is 102 cm³/mol. The van der Waals surface area contributed by atoms with E-state index in [2.05, 4.69) is 15.6 Å². The van der Waals surface area contributed by atoms with Crippen molar-refractivity contribution in [2.24, 2.45) is 0 Å². The first-order chi connectivity index (χ1) is 12.6. The number of pyridine rings is 1. The van der Waals surface area contributed by atoms with Crippen molar-refractivity contribution in [2.75, 3.05) is 11.9 Å². The van der Waals surface area contributed by atoms with Crippen LogP contribution in [0.2, 0.25) is 5.02 Å². The highest BCUT2D eigenvalue weighted by molar-refractivity contribution is 6.30. The molecule has 0 aliphatic carbocycles. The van der Waals surface area contributed by atoms with Crippen LogP contribution in [0.15, 0.2) is 72.9 Å². The van der Waals surface area contributed by atoms with Gasteiger partial charge in [-0.15, -0.1) is 0 Å². The maximum atomic E-state index is 12.0. The Hall–Kier alpha value is -3.18. The van der Waals surface area contributed by atoms with Gasteiger partial charge in [-0.25, -0.2) is 0 Å². The zero-order chi connectivity index (χ0) is 18.4. The highest BCUT2D eigenvalue weighted by Gasteiger charge is 2.10. The smallest absolute Gasteiger partial charge is 0.270 e. The van der Waals surface area contributed by atoms with Gasteiger partial charge in [-0.05, 0) is 35.4 Å². The number of hydrogen-bond donors (Lipinski definition) is 2. The zero-order valence-corrected chi connectivity index (χ0v) is 14.5. The van der Waals surface area contributed by atoms with Crippen molar-refractivity contribution in [3.05, 3.63) is 83.6 Å². The van der Waals surface area contributed by atoms with E-state index in [9.17, 15) is 9.59 Å². The lowest BCUT2D eigenvalue weighted by Crippen LogP contribution is -2.33. The summed E-state index contributed by atoms with van der Waals surface area (Å²) >= 11 is 5.82. The fourth-order valence-corrected chi connectivity index (χ4v) is 2.52. The molecule has 0 saturated carbocycles. The van der Waals surface area contributed by atoms with Crippen molar-refractivity contribution in [1.82, 2.24) is 10.3 Å². The molecule has 0 unspecified atom stereocenters. The van der Waals surface area contributed by atoms with Crippen LogP contribution in [-0.4, -0.2) is 23.3 Å². The van der Waals surface area contributed by atoms with Gasteiger partial charge in [-0.1, -0.05) is 54.1 Å². The predicted octanol–water partition coefficient (Wildman–Crippen LogP) is 3.77. The van der Waals surface area contributed by atoms with Crippen LogP contribution in [0.25, 0.3) is 11.1 Å². The van der Waals surface area contributed by atoms with Gasteiger partial charge in [-0.3, -0.25) is 14.6 Å². The van der Waals surface area contributed by atoms with Crippen molar-refractivity contribution in [3.63, 3.8) is 0 Å². The first kappa shape index (κ1) is 17.6. The topological polar surface area (TPSA) is 71.1 Å². The Bertz CT molecular complexity index is 912. The van der Waals surface area contributed by atoms with Crippen LogP contribution in [0, 0.1) is 0 Å². The maximum absolute atomic E-state index is 12.0. The van der Waals surface area contributed by atoms with Gasteiger partial charge in [0.1, 0.15) is 5.69 Å². The molecular formula is C20H16ClN3O2. The first-order valence-corrected chi connectivity index (χ1v) is 8.35. The molecule has 0 aliphatic rings. The fraction of sp³-hybridized carbons (Fsp3) is 0.0500. The SMILES string of the molecule is O=C(CNC(=O)c1cc(Cl)ccn1)Nc1ccc(-c2ccccc2)cc1. The van der Waals surface area contributed by atoms with E-state index < -0.39 is 5.91 Å². The van der Waals surface area contributed by atoms with Crippen LogP contribution in [0.1, 0.15) is 10.5 Å². The lowest BCUT2D eigenvalue weighted by Gasteiger charge is -2.08. The molecule has 0 fully saturated rings. The summed E-state index contributed by atoms with van der Waals surface area (Å²) < 4.78 is 0. The molecule has 0 atom stereocenters. The van der Waals surface area contributed by atoms with Crippen LogP contribution in [-0.2, 0) is 4.79 Å². The molecule has 0 radical (unpaired) electrons. The number of carbonyl (C=O) groups excluding carboxylic acids is 2. The Morgan fingerprint density at radius 3 is 2.31 bits per heavy atom. The van der Waals surface area contributed by atoms with Gasteiger partial charge >= 0.3 is 0 Å². The highest BCUT2D eigenvalue weighted by Crippen LogP contribution is 2.20. The summed E-state index contributed by atoms with van der Waals surface area (Å²) in [6.45, 7) is -0.159. The van der Waals surface area contributed by atoms with Crippen LogP contribution >= 0.6 is 11.6 Å². The number of amides is 2. The molecule has 5 nitrogen and oxygen atoms in total. The lowest BCUT2D eigenvalue weighted by atomic mass is 10.1. The standard InChI is InChI=1S/C20H16ClN3O2/c21-16-10-11-22-18(12-16)20(26)23-13-19(25)24-17-8-6-15(7-9-17)14-4-2-1-3-5-14/h1-12H,13H2,(H,23,26)(H,24,25). The molecule has 6 heteroatoms. The van der Waals surface area contributed by atoms with E-state index >= 15 is 0 Å². The molecular weight excluding hydrogens is 350 g/mol. The molecule has 2 aromatic carbocycles. The summed E-state index contributed by atoms with van der Waals surface area (Å²) in [4.78, 5) is 27.9. The molecule has 3 rings (SSSR count). The molecule has 2 N–H and O–H groups in total. The molecule has 1 aromatic heterocycles. The fourth-order valence-electron chi connectivity index (χ4n) is 2.36. The third kappa shape index (κ3) is 4.68. The van der Waals surface area contributed by atoms with Gasteiger partial charge in [0.15, 0.2) is 0 Å². The van der Waals surface area contributed by atoms with Crippen LogP contribution in [0.4, 0.5) is 5.69 Å². The Morgan fingerprint density at radius 1 is 0.923 bits per heavy atom. The molecule has 0 spiro atoms. The molecule has 0 saturated heterocycles. The number of carbonyl (C=O) groups is 2. The zero-order valence-electron chi connectivity index (χ0n) is 13.8. The van der Waals surface area contributed by atoms with E-state index in [-0.39, 0.29) is 18.1 Å². The number of aromatic nitrogens is 1. The molecule has 0 bridgehead atoms. The largest absolute Gasteiger partial charge is 0.342 e. The second-order valence-corrected chi connectivity index (χ2v) is 5.97. The Balaban J connectivity index is 1.54. The number of anilines is 1. The second-order valence-electron chi connectivity index (χ2n) is 5.53. The molecule has 3 aromatic rings. The normalized spacial score (nSPS) is 10.2. The van der Waals surface area contributed by atoms with Crippen molar-refractivity contribution >= 4 is 29.1 Å². The average Bonchev–Trinajstić information content (AvgIpc) is 2.67. The van der Waals surface area contributed by atoms with Gasteiger partial charge in [-0.2, -0.15) is 0 Å². The highest BCUT2D eigenvalue weighted by atomic mass is 35.5. The monoisotopic (exact) mass is 365 g/mol. The van der Waals surface area contributed by atoms with E-state index in [4.69, 9.17) is 11.6 Å². The Labute approximate surface area is 156 Å². The Kier molecular flexibility index (Phi) is 5.61. The lowest BCUT2D eigenvalue weighted by molar-refractivity contribution is -0.115. The van der Waals surface area contributed by atoms with E-state index in [0.29, 0.717) is 10.7 Å². The first-order valence-electron chi connectivity index (χ1n) is 7.97. The number of rotatable bonds is 5. The number of hydrogen-bond acceptors (Lipinski definition) is 3. The van der Waals surface area contributed by atoms with E-state index in [1.807, 2.05) is 54.6 Å². The Morgan fingerprint density at radius 2 is 1.62 bits per heavy atom. The minimum absolute atomic E-state index is 0.159. The number of nitrogens with zero attached hydrogens (tertiary/aromatic N) is 1. The minimum Gasteiger partial charge on any atom is -0.342 e. The minimum atomic E-state index is -0.456. The van der Waals surface area contributed by atoms with Gasteiger partial charge in [0.05, 0.1) is 6.54 Å². The summed E-state index contributed by atoms with van der Waals surface area (Å²) in [5, 5.41) is 5.66. The van der Waals surface area contributed by atoms with Crippen molar-refractivity contribution in [2.45, 2.75) is 0 Å². The molecule has 2 amide bonds. The van der Waals surface area contributed by atoms with Crippen LogP contribution < -0.4 is 10.6 Å². The average molecular weight is 366 g/mol. The van der Waals surface area contributed by atoms with Gasteiger partial charge in [0.2, 0.25) is 5.91 Å². The molecule has 130 valence electrons. The molecule has 0 aliphatic heterocycles. The third-order valence-corrected chi connectivity index (χ3v) is 3.88. The molecule has 1 heterocycles. The van der Waals surface area contributed by atoms with E-state index in [1.165, 1.54) is 12.3 Å². The summed E-state index contributed by atoms with van der Waals surface area (Å²) in [6, 6.07) is 20.5. The number of nitrogens with one attached hydrogen (secondary N) is 2. The summed E-state index contributed by atoms with van der Waals surface area (Å²) in [5.74, 6) is -0.782. The van der Waals surface area contributed by atoms with Crippen LogP contribution in [0.3, 0.4) is 0 Å². The maximum Gasteiger partial charge on any atom is 0.270 e. The second kappa shape index (κ2) is 8.27. The summed E-state index contributed by atoms with van der Waals surface area (Å²) in [5.41, 5.74) is 2.98. The quantitative estimate of drug-likeness (QED) is 0.723. The summed E-state index contributed by atoms with van der Waals surface area (Å²) in [7, 11) is 0.